The summed E-state index contributed by atoms with van der Waals surface area (Å²) in [6.45, 7) is 6.76. The van der Waals surface area contributed by atoms with Gasteiger partial charge in [0, 0.05) is 37.0 Å². The molecule has 2 rings (SSSR count). The number of aliphatic hydroxyl groups excluding tert-OH is 2. The van der Waals surface area contributed by atoms with Gasteiger partial charge in [0.1, 0.15) is 0 Å². The molecule has 4 atom stereocenters. The van der Waals surface area contributed by atoms with Gasteiger partial charge in [0.25, 0.3) is 0 Å². The fourth-order valence-electron chi connectivity index (χ4n) is 2.94. The molecule has 0 saturated heterocycles. The van der Waals surface area contributed by atoms with Gasteiger partial charge in [-0.15, -0.1) is 0 Å². The van der Waals surface area contributed by atoms with Gasteiger partial charge >= 0.3 is 0 Å². The third-order valence-electron chi connectivity index (χ3n) is 4.64. The molecule has 0 saturated carbocycles. The summed E-state index contributed by atoms with van der Waals surface area (Å²) in [6, 6.07) is 0. The summed E-state index contributed by atoms with van der Waals surface area (Å²) < 4.78 is 0. The van der Waals surface area contributed by atoms with Crippen molar-refractivity contribution in [2.24, 2.45) is 23.7 Å². The minimum absolute atomic E-state index is 0. The summed E-state index contributed by atoms with van der Waals surface area (Å²) in [6.07, 6.45) is 8.53. The largest absolute Gasteiger partial charge is 0.512 e. The Hall–Kier alpha value is 0.292. The second-order valence-corrected chi connectivity index (χ2v) is 6.24. The van der Waals surface area contributed by atoms with Crippen molar-refractivity contribution in [3.63, 3.8) is 0 Å². The van der Waals surface area contributed by atoms with Crippen molar-refractivity contribution in [1.82, 2.24) is 0 Å². The van der Waals surface area contributed by atoms with Gasteiger partial charge in [0.05, 0.1) is 5.76 Å². The molecule has 19 heavy (non-hydrogen) atoms. The Morgan fingerprint density at radius 1 is 1.32 bits per heavy atom. The van der Waals surface area contributed by atoms with E-state index in [1.807, 2.05) is 6.08 Å². The van der Waals surface area contributed by atoms with Crippen LogP contribution in [0.25, 0.3) is 0 Å². The van der Waals surface area contributed by atoms with Crippen molar-refractivity contribution in [2.75, 3.05) is 0 Å². The maximum atomic E-state index is 10.1. The molecule has 0 amide bonds. The normalized spacial score (nSPS) is 31.3. The average Bonchev–Trinajstić information content (AvgIpc) is 2.61. The van der Waals surface area contributed by atoms with Gasteiger partial charge in [0.15, 0.2) is 0 Å². The molecule has 2 aliphatic carbocycles. The van der Waals surface area contributed by atoms with E-state index in [4.69, 9.17) is 0 Å². The van der Waals surface area contributed by atoms with E-state index in [1.54, 1.807) is 0 Å². The van der Waals surface area contributed by atoms with Crippen LogP contribution in [-0.4, -0.2) is 16.3 Å². The zero-order valence-corrected chi connectivity index (χ0v) is 16.4. The molecular weight excluding hydrogens is 462 g/mol. The Bertz CT molecular complexity index is 360. The molecule has 0 aromatic carbocycles. The molecule has 2 N–H and O–H groups in total. The van der Waals surface area contributed by atoms with Crippen molar-refractivity contribution in [1.29, 1.82) is 0 Å². The third kappa shape index (κ3) is 4.13. The maximum Gasteiger partial charge on any atom is 0.0931 e. The van der Waals surface area contributed by atoms with Crippen LogP contribution in [0.2, 0.25) is 0 Å². The number of rotatable bonds is 4. The summed E-state index contributed by atoms with van der Waals surface area (Å²) in [5.41, 5.74) is 1.14. The second-order valence-electron chi connectivity index (χ2n) is 6.24. The van der Waals surface area contributed by atoms with E-state index in [0.29, 0.717) is 23.5 Å². The Kier molecular flexibility index (Phi) is 6.70. The van der Waals surface area contributed by atoms with Gasteiger partial charge in [-0.25, -0.2) is 5.57 Å². The zero-order valence-electron chi connectivity index (χ0n) is 12.2. The van der Waals surface area contributed by atoms with E-state index in [1.165, 1.54) is 0 Å². The molecule has 106 valence electrons. The molecular formula is C16H25O2U-. The second kappa shape index (κ2) is 7.34. The van der Waals surface area contributed by atoms with Gasteiger partial charge in [-0.3, -0.25) is 0 Å². The van der Waals surface area contributed by atoms with Crippen LogP contribution in [0, 0.1) is 60.9 Å². The average molecular weight is 487 g/mol. The molecule has 2 nitrogen and oxygen atoms in total. The van der Waals surface area contributed by atoms with Crippen LogP contribution in [0.1, 0.15) is 46.5 Å². The smallest absolute Gasteiger partial charge is 0.0931 e. The summed E-state index contributed by atoms with van der Waals surface area (Å²) in [5, 5.41) is 19.8. The predicted molar refractivity (Wildman–Crippen MR) is 72.9 cm³/mol. The Balaban J connectivity index is 0.00000180. The van der Waals surface area contributed by atoms with Gasteiger partial charge < -0.3 is 16.3 Å². The first-order chi connectivity index (χ1) is 8.49. The number of allylic oxidation sites excluding steroid dienone is 2. The van der Waals surface area contributed by atoms with Crippen LogP contribution in [-0.2, 0) is 0 Å². The number of fused-ring (bicyclic) bond motifs is 1. The molecule has 0 radical (unpaired) electrons. The molecule has 0 bridgehead atoms. The monoisotopic (exact) mass is 487 g/mol. The van der Waals surface area contributed by atoms with Crippen molar-refractivity contribution in [2.45, 2.75) is 52.6 Å². The topological polar surface area (TPSA) is 40.5 Å². The molecule has 3 heteroatoms. The first-order valence-corrected chi connectivity index (χ1v) is 7.21. The van der Waals surface area contributed by atoms with Gasteiger partial charge in [-0.05, 0) is 43.1 Å². The first kappa shape index (κ1) is 17.3. The molecule has 3 unspecified atom stereocenters. The van der Waals surface area contributed by atoms with E-state index in [0.717, 1.165) is 31.3 Å². The van der Waals surface area contributed by atoms with Crippen LogP contribution in [0.3, 0.4) is 0 Å². The minimum atomic E-state index is -0.430. The van der Waals surface area contributed by atoms with Gasteiger partial charge in [-0.1, -0.05) is 33.3 Å². The molecule has 0 aliphatic heterocycles. The van der Waals surface area contributed by atoms with Crippen LogP contribution < -0.4 is 0 Å². The Morgan fingerprint density at radius 3 is 2.63 bits per heavy atom. The van der Waals surface area contributed by atoms with Gasteiger partial charge in [-0.2, -0.15) is 0 Å². The van der Waals surface area contributed by atoms with E-state index < -0.39 is 6.10 Å². The van der Waals surface area contributed by atoms with Gasteiger partial charge in [0.2, 0.25) is 0 Å². The molecule has 0 aromatic rings. The zero-order chi connectivity index (χ0) is 13.3. The standard InChI is InChI=1S/C16H25O2.U/c1-10(2)11(3)4-7-14-15-9-13(17)6-5-12(15)8-16(14)18;/h8,10-14,17-18H,4-7H2,1-3H3;/q-1;/t11-,12?,13?,14?;/m0./s1. The predicted octanol–water partition coefficient (Wildman–Crippen LogP) is 3.63. The Labute approximate surface area is 140 Å². The van der Waals surface area contributed by atoms with E-state index >= 15 is 0 Å². The van der Waals surface area contributed by atoms with Crippen molar-refractivity contribution in [3.05, 3.63) is 23.5 Å². The molecule has 0 heterocycles. The summed E-state index contributed by atoms with van der Waals surface area (Å²) in [5.74, 6) is 2.31. The fourth-order valence-corrected chi connectivity index (χ4v) is 2.94. The summed E-state index contributed by atoms with van der Waals surface area (Å²) in [4.78, 5) is 0. The summed E-state index contributed by atoms with van der Waals surface area (Å²) >= 11 is 0. The SMILES string of the molecule is CC(C)[C@@H](C)CCC1C2=[C-]C(O)CCC2C=C1O.[U]. The maximum absolute atomic E-state index is 10.1. The van der Waals surface area contributed by atoms with Crippen LogP contribution >= 0.6 is 0 Å². The minimum Gasteiger partial charge on any atom is -0.512 e. The van der Waals surface area contributed by atoms with E-state index in [-0.39, 0.29) is 37.0 Å². The quantitative estimate of drug-likeness (QED) is 0.595. The molecule has 0 aromatic heterocycles. The number of aliphatic hydroxyl groups is 2. The summed E-state index contributed by atoms with van der Waals surface area (Å²) in [7, 11) is 0. The fraction of sp³-hybridized carbons (Fsp3) is 0.750. The molecule has 0 spiro atoms. The van der Waals surface area contributed by atoms with E-state index in [9.17, 15) is 10.2 Å². The Morgan fingerprint density at radius 2 is 2.00 bits per heavy atom. The van der Waals surface area contributed by atoms with Crippen molar-refractivity contribution >= 4 is 0 Å². The van der Waals surface area contributed by atoms with Crippen LogP contribution in [0.15, 0.2) is 17.4 Å². The molecule has 0 fully saturated rings. The number of hydrogen-bond donors (Lipinski definition) is 2. The van der Waals surface area contributed by atoms with Crippen molar-refractivity contribution in [3.8, 4) is 0 Å². The first-order valence-electron chi connectivity index (χ1n) is 7.21. The van der Waals surface area contributed by atoms with Crippen LogP contribution in [0.4, 0.5) is 0 Å². The van der Waals surface area contributed by atoms with Crippen molar-refractivity contribution < 1.29 is 41.3 Å². The third-order valence-corrected chi connectivity index (χ3v) is 4.64. The molecule has 2 aliphatic rings. The van der Waals surface area contributed by atoms with E-state index in [2.05, 4.69) is 26.8 Å². The van der Waals surface area contributed by atoms with Crippen LogP contribution in [0.5, 0.6) is 0 Å². The number of hydrogen-bond acceptors (Lipinski definition) is 2.